The van der Waals surface area contributed by atoms with E-state index >= 15 is 0 Å². The average Bonchev–Trinajstić information content (AvgIpc) is 3.44. The van der Waals surface area contributed by atoms with Crippen LogP contribution in [0.3, 0.4) is 0 Å². The van der Waals surface area contributed by atoms with Gasteiger partial charge in [-0.15, -0.1) is 0 Å². The Kier molecular flexibility index (Phi) is 9.07. The standard InChI is InChI=1S/C22H35N5O5/c1-3-14(13-28)12-24-22(30)32-17-5-4-16(10-17)18-11-19(27-26-18)25-20(29)8-15-6-7-23-21(9-15)31-2/h6-7,9,14,16-19,26-28H,3-5,8,10-13H2,1-2H3,(H,24,30)(H,25,29)/t14?,16-,17+,18?,19?/m0/s1. The van der Waals surface area contributed by atoms with Crippen molar-refractivity contribution in [2.75, 3.05) is 20.3 Å². The van der Waals surface area contributed by atoms with Gasteiger partial charge in [-0.05, 0) is 55.6 Å². The van der Waals surface area contributed by atoms with Crippen molar-refractivity contribution in [2.45, 2.75) is 63.8 Å². The molecule has 3 rings (SSSR count). The predicted molar refractivity (Wildman–Crippen MR) is 118 cm³/mol. The van der Waals surface area contributed by atoms with E-state index in [0.717, 1.165) is 37.7 Å². The summed E-state index contributed by atoms with van der Waals surface area (Å²) < 4.78 is 10.6. The van der Waals surface area contributed by atoms with Crippen LogP contribution in [0, 0.1) is 11.8 Å². The Hall–Kier alpha value is -2.43. The van der Waals surface area contributed by atoms with Crippen molar-refractivity contribution in [1.29, 1.82) is 0 Å². The molecule has 3 unspecified atom stereocenters. The summed E-state index contributed by atoms with van der Waals surface area (Å²) in [4.78, 5) is 28.5. The minimum atomic E-state index is -0.419. The van der Waals surface area contributed by atoms with Crippen LogP contribution < -0.4 is 26.2 Å². The molecule has 5 N–H and O–H groups in total. The summed E-state index contributed by atoms with van der Waals surface area (Å²) in [6.45, 7) is 2.45. The Labute approximate surface area is 188 Å². The predicted octanol–water partition coefficient (Wildman–Crippen LogP) is 0.855. The lowest BCUT2D eigenvalue weighted by molar-refractivity contribution is -0.121. The van der Waals surface area contributed by atoms with E-state index in [4.69, 9.17) is 9.47 Å². The normalized spacial score (nSPS) is 25.8. The lowest BCUT2D eigenvalue weighted by Gasteiger charge is -2.19. The van der Waals surface area contributed by atoms with Gasteiger partial charge < -0.3 is 25.2 Å². The zero-order valence-electron chi connectivity index (χ0n) is 18.8. The Bertz CT molecular complexity index is 760. The second kappa shape index (κ2) is 12.0. The molecule has 2 heterocycles. The minimum absolute atomic E-state index is 0.0527. The molecule has 1 aromatic heterocycles. The number of pyridine rings is 1. The molecule has 2 amide bonds. The number of amides is 2. The minimum Gasteiger partial charge on any atom is -0.481 e. The smallest absolute Gasteiger partial charge is 0.407 e. The van der Waals surface area contributed by atoms with Crippen LogP contribution in [0.5, 0.6) is 5.88 Å². The summed E-state index contributed by atoms with van der Waals surface area (Å²) in [6, 6.07) is 3.76. The van der Waals surface area contributed by atoms with E-state index < -0.39 is 6.09 Å². The topological polar surface area (TPSA) is 134 Å². The number of nitrogens with zero attached hydrogens (tertiary/aromatic N) is 1. The van der Waals surface area contributed by atoms with Crippen molar-refractivity contribution < 1.29 is 24.2 Å². The lowest BCUT2D eigenvalue weighted by Crippen LogP contribution is -2.45. The molecule has 0 radical (unpaired) electrons. The maximum atomic E-state index is 12.4. The molecule has 1 aliphatic heterocycles. The third-order valence-electron chi connectivity index (χ3n) is 6.28. The average molecular weight is 450 g/mol. The van der Waals surface area contributed by atoms with Crippen molar-refractivity contribution in [3.05, 3.63) is 23.9 Å². The van der Waals surface area contributed by atoms with E-state index in [1.54, 1.807) is 25.4 Å². The van der Waals surface area contributed by atoms with E-state index in [0.29, 0.717) is 18.3 Å². The number of methoxy groups -OCH3 is 1. The van der Waals surface area contributed by atoms with Crippen LogP contribution >= 0.6 is 0 Å². The van der Waals surface area contributed by atoms with Crippen molar-refractivity contribution in [3.8, 4) is 5.88 Å². The zero-order chi connectivity index (χ0) is 22.9. The van der Waals surface area contributed by atoms with Crippen molar-refractivity contribution >= 4 is 12.0 Å². The van der Waals surface area contributed by atoms with Crippen LogP contribution in [-0.2, 0) is 16.0 Å². The van der Waals surface area contributed by atoms with E-state index in [9.17, 15) is 14.7 Å². The molecule has 0 bridgehead atoms. The van der Waals surface area contributed by atoms with Gasteiger partial charge in [0.2, 0.25) is 11.8 Å². The van der Waals surface area contributed by atoms with Gasteiger partial charge in [-0.1, -0.05) is 6.92 Å². The SMILES string of the molecule is CCC(CO)CNC(=O)O[C@@H]1CC[C@H](C2CC(NC(=O)Cc3ccnc(OC)c3)NN2)C1. The van der Waals surface area contributed by atoms with Crippen molar-refractivity contribution in [2.24, 2.45) is 11.8 Å². The fourth-order valence-corrected chi connectivity index (χ4v) is 4.29. The van der Waals surface area contributed by atoms with E-state index in [1.165, 1.54) is 0 Å². The molecule has 32 heavy (non-hydrogen) atoms. The largest absolute Gasteiger partial charge is 0.481 e. The quantitative estimate of drug-likeness (QED) is 0.355. The van der Waals surface area contributed by atoms with Gasteiger partial charge in [0, 0.05) is 31.5 Å². The Morgan fingerprint density at radius 1 is 1.31 bits per heavy atom. The maximum absolute atomic E-state index is 12.4. The Morgan fingerprint density at radius 3 is 2.91 bits per heavy atom. The number of hydrogen-bond acceptors (Lipinski definition) is 8. The van der Waals surface area contributed by atoms with E-state index in [2.05, 4.69) is 26.5 Å². The number of aliphatic hydroxyl groups excluding tert-OH is 1. The van der Waals surface area contributed by atoms with Crippen LogP contribution in [-0.4, -0.2) is 60.7 Å². The molecular formula is C22H35N5O5. The van der Waals surface area contributed by atoms with Gasteiger partial charge >= 0.3 is 6.09 Å². The molecule has 0 spiro atoms. The number of hydrogen-bond donors (Lipinski definition) is 5. The first-order chi connectivity index (χ1) is 15.5. The molecule has 0 aromatic carbocycles. The van der Waals surface area contributed by atoms with Gasteiger partial charge in [0.25, 0.3) is 0 Å². The second-order valence-corrected chi connectivity index (χ2v) is 8.57. The Balaban J connectivity index is 1.37. The molecule has 1 saturated heterocycles. The molecule has 10 nitrogen and oxygen atoms in total. The summed E-state index contributed by atoms with van der Waals surface area (Å²) in [6.07, 6.45) is 5.36. The van der Waals surface area contributed by atoms with Crippen LogP contribution in [0.15, 0.2) is 18.3 Å². The number of carbonyl (C=O) groups excluding carboxylic acids is 2. The monoisotopic (exact) mass is 449 g/mol. The molecule has 1 aromatic rings. The number of nitrogens with one attached hydrogen (secondary N) is 4. The molecule has 178 valence electrons. The first-order valence-corrected chi connectivity index (χ1v) is 11.3. The Morgan fingerprint density at radius 2 is 2.16 bits per heavy atom. The second-order valence-electron chi connectivity index (χ2n) is 8.57. The third kappa shape index (κ3) is 7.04. The summed E-state index contributed by atoms with van der Waals surface area (Å²) >= 11 is 0. The molecule has 1 saturated carbocycles. The van der Waals surface area contributed by atoms with Gasteiger partial charge in [-0.25, -0.2) is 15.2 Å². The summed E-state index contributed by atoms with van der Waals surface area (Å²) in [7, 11) is 1.55. The maximum Gasteiger partial charge on any atom is 0.407 e. The first-order valence-electron chi connectivity index (χ1n) is 11.3. The van der Waals surface area contributed by atoms with Gasteiger partial charge in [0.05, 0.1) is 19.7 Å². The molecule has 2 aliphatic rings. The highest BCUT2D eigenvalue weighted by atomic mass is 16.6. The molecular weight excluding hydrogens is 414 g/mol. The number of alkyl carbamates (subject to hydrolysis) is 1. The number of hydrazine groups is 1. The van der Waals surface area contributed by atoms with E-state index in [-0.39, 0.29) is 43.2 Å². The summed E-state index contributed by atoms with van der Waals surface area (Å²) in [5, 5.41) is 15.0. The fourth-order valence-electron chi connectivity index (χ4n) is 4.29. The summed E-state index contributed by atoms with van der Waals surface area (Å²) in [5.74, 6) is 0.838. The van der Waals surface area contributed by atoms with Gasteiger partial charge in [-0.3, -0.25) is 10.2 Å². The van der Waals surface area contributed by atoms with E-state index in [1.807, 2.05) is 6.92 Å². The van der Waals surface area contributed by atoms with Crippen LogP contribution in [0.2, 0.25) is 0 Å². The molecule has 10 heteroatoms. The number of aromatic nitrogens is 1. The first kappa shape index (κ1) is 24.2. The molecule has 5 atom stereocenters. The highest BCUT2D eigenvalue weighted by Crippen LogP contribution is 2.32. The number of aliphatic hydroxyl groups is 1. The van der Waals surface area contributed by atoms with Crippen LogP contribution in [0.1, 0.15) is 44.6 Å². The highest BCUT2D eigenvalue weighted by Gasteiger charge is 2.37. The van der Waals surface area contributed by atoms with Gasteiger partial charge in [-0.2, -0.15) is 0 Å². The van der Waals surface area contributed by atoms with Gasteiger partial charge in [0.1, 0.15) is 6.10 Å². The van der Waals surface area contributed by atoms with Crippen LogP contribution in [0.4, 0.5) is 4.79 Å². The number of rotatable bonds is 10. The molecule has 1 aliphatic carbocycles. The highest BCUT2D eigenvalue weighted by molar-refractivity contribution is 5.78. The number of ether oxygens (including phenoxy) is 2. The van der Waals surface area contributed by atoms with Gasteiger partial charge in [0.15, 0.2) is 0 Å². The van der Waals surface area contributed by atoms with Crippen molar-refractivity contribution in [3.63, 3.8) is 0 Å². The summed E-state index contributed by atoms with van der Waals surface area (Å²) in [5.41, 5.74) is 7.29. The number of carbonyl (C=O) groups is 2. The van der Waals surface area contributed by atoms with Crippen molar-refractivity contribution in [1.82, 2.24) is 26.5 Å². The zero-order valence-corrected chi connectivity index (χ0v) is 18.8. The lowest BCUT2D eigenvalue weighted by atomic mass is 9.96. The van der Waals surface area contributed by atoms with Crippen LogP contribution in [0.25, 0.3) is 0 Å². The fraction of sp³-hybridized carbons (Fsp3) is 0.682. The third-order valence-corrected chi connectivity index (χ3v) is 6.28. The molecule has 2 fully saturated rings.